The summed E-state index contributed by atoms with van der Waals surface area (Å²) in [6, 6.07) is 8.66. The Labute approximate surface area is 130 Å². The van der Waals surface area contributed by atoms with Gasteiger partial charge in [0.2, 0.25) is 0 Å². The Kier molecular flexibility index (Phi) is 4.91. The van der Waals surface area contributed by atoms with Gasteiger partial charge in [-0.3, -0.25) is 4.90 Å². The van der Waals surface area contributed by atoms with Gasteiger partial charge in [0, 0.05) is 42.4 Å². The Balaban J connectivity index is 1.73. The maximum atomic E-state index is 5.95. The van der Waals surface area contributed by atoms with E-state index in [-0.39, 0.29) is 0 Å². The summed E-state index contributed by atoms with van der Waals surface area (Å²) >= 11 is 1.84. The first kappa shape index (κ1) is 15.0. The highest BCUT2D eigenvalue weighted by molar-refractivity contribution is 7.19. The Morgan fingerprint density at radius 3 is 2.76 bits per heavy atom. The van der Waals surface area contributed by atoms with E-state index in [0.29, 0.717) is 12.6 Å². The van der Waals surface area contributed by atoms with Gasteiger partial charge in [0.15, 0.2) is 0 Å². The fourth-order valence-electron chi connectivity index (χ4n) is 3.18. The van der Waals surface area contributed by atoms with E-state index in [1.54, 1.807) is 0 Å². The molecule has 2 heterocycles. The Hall–Kier alpha value is -0.940. The predicted octanol–water partition coefficient (Wildman–Crippen LogP) is 3.36. The molecule has 2 aromatic rings. The van der Waals surface area contributed by atoms with Crippen molar-refractivity contribution in [2.45, 2.75) is 39.0 Å². The van der Waals surface area contributed by atoms with Gasteiger partial charge in [-0.25, -0.2) is 0 Å². The van der Waals surface area contributed by atoms with Crippen LogP contribution in [0, 0.1) is 0 Å². The van der Waals surface area contributed by atoms with Gasteiger partial charge < -0.3 is 10.5 Å². The molecule has 114 valence electrons. The largest absolute Gasteiger partial charge is 0.378 e. The number of benzene rings is 1. The summed E-state index contributed by atoms with van der Waals surface area (Å²) in [6.07, 6.45) is 2.75. The van der Waals surface area contributed by atoms with Crippen molar-refractivity contribution in [3.05, 3.63) is 34.7 Å². The molecule has 1 aromatic carbocycles. The molecule has 0 saturated carbocycles. The van der Waals surface area contributed by atoms with Crippen LogP contribution < -0.4 is 5.73 Å². The van der Waals surface area contributed by atoms with Gasteiger partial charge >= 0.3 is 0 Å². The minimum atomic E-state index is 0.458. The molecule has 0 spiro atoms. The monoisotopic (exact) mass is 304 g/mol. The highest BCUT2D eigenvalue weighted by atomic mass is 32.1. The number of hydrogen-bond acceptors (Lipinski definition) is 4. The van der Waals surface area contributed by atoms with Crippen LogP contribution in [-0.4, -0.2) is 30.7 Å². The van der Waals surface area contributed by atoms with E-state index < -0.39 is 0 Å². The van der Waals surface area contributed by atoms with Gasteiger partial charge in [-0.2, -0.15) is 0 Å². The van der Waals surface area contributed by atoms with Crippen molar-refractivity contribution in [3.63, 3.8) is 0 Å². The van der Waals surface area contributed by atoms with Gasteiger partial charge in [0.25, 0.3) is 0 Å². The number of thiophene rings is 1. The third-order valence-corrected chi connectivity index (χ3v) is 5.52. The predicted molar refractivity (Wildman–Crippen MR) is 89.6 cm³/mol. The maximum absolute atomic E-state index is 5.95. The van der Waals surface area contributed by atoms with Crippen LogP contribution in [-0.2, 0) is 17.8 Å². The standard InChI is InChI=1S/C17H24N2OS/c1-2-20-13-7-9-19(10-8-13)12-15-14-5-3-4-6-16(14)21-17(15)11-18/h3-6,13H,2,7-12,18H2,1H3. The molecule has 1 saturated heterocycles. The molecule has 0 bridgehead atoms. The number of likely N-dealkylation sites (tertiary alicyclic amines) is 1. The highest BCUT2D eigenvalue weighted by Gasteiger charge is 2.21. The molecule has 3 rings (SSSR count). The van der Waals surface area contributed by atoms with Crippen LogP contribution >= 0.6 is 11.3 Å². The highest BCUT2D eigenvalue weighted by Crippen LogP contribution is 2.32. The zero-order valence-corrected chi connectivity index (χ0v) is 13.5. The lowest BCUT2D eigenvalue weighted by atomic mass is 10.1. The van der Waals surface area contributed by atoms with Gasteiger partial charge in [0.05, 0.1) is 6.10 Å². The van der Waals surface area contributed by atoms with Crippen LogP contribution in [0.2, 0.25) is 0 Å². The van der Waals surface area contributed by atoms with Crippen molar-refractivity contribution in [2.75, 3.05) is 19.7 Å². The van der Waals surface area contributed by atoms with Crippen molar-refractivity contribution < 1.29 is 4.74 Å². The fourth-order valence-corrected chi connectivity index (χ4v) is 4.28. The van der Waals surface area contributed by atoms with Gasteiger partial charge in [-0.1, -0.05) is 18.2 Å². The fraction of sp³-hybridized carbons (Fsp3) is 0.529. The van der Waals surface area contributed by atoms with Crippen LogP contribution in [0.25, 0.3) is 10.1 Å². The van der Waals surface area contributed by atoms with Crippen LogP contribution in [0.4, 0.5) is 0 Å². The molecule has 4 heteroatoms. The maximum Gasteiger partial charge on any atom is 0.0599 e. The van der Waals surface area contributed by atoms with E-state index in [1.807, 2.05) is 11.3 Å². The lowest BCUT2D eigenvalue weighted by Crippen LogP contribution is -2.36. The second kappa shape index (κ2) is 6.88. The minimum absolute atomic E-state index is 0.458. The molecule has 1 aromatic heterocycles. The SMILES string of the molecule is CCOC1CCN(Cc2c(CN)sc3ccccc23)CC1. The van der Waals surface area contributed by atoms with Gasteiger partial charge in [-0.15, -0.1) is 11.3 Å². The number of rotatable bonds is 5. The molecule has 1 aliphatic heterocycles. The quantitative estimate of drug-likeness (QED) is 0.920. The molecular formula is C17H24N2OS. The Morgan fingerprint density at radius 2 is 2.05 bits per heavy atom. The normalized spacial score (nSPS) is 17.6. The summed E-state index contributed by atoms with van der Waals surface area (Å²) in [4.78, 5) is 3.88. The molecule has 0 amide bonds. The number of piperidine rings is 1. The van der Waals surface area contributed by atoms with E-state index in [4.69, 9.17) is 10.5 Å². The molecule has 2 N–H and O–H groups in total. The van der Waals surface area contributed by atoms with Gasteiger partial charge in [-0.05, 0) is 36.8 Å². The van der Waals surface area contributed by atoms with Crippen LogP contribution in [0.1, 0.15) is 30.2 Å². The summed E-state index contributed by atoms with van der Waals surface area (Å²) in [7, 11) is 0. The number of nitrogens with two attached hydrogens (primary N) is 1. The average Bonchev–Trinajstić information content (AvgIpc) is 2.87. The topological polar surface area (TPSA) is 38.5 Å². The van der Waals surface area contributed by atoms with Crippen LogP contribution in [0.3, 0.4) is 0 Å². The molecule has 0 unspecified atom stereocenters. The summed E-state index contributed by atoms with van der Waals surface area (Å²) < 4.78 is 7.10. The summed E-state index contributed by atoms with van der Waals surface area (Å²) in [6.45, 7) is 6.83. The number of hydrogen-bond donors (Lipinski definition) is 1. The molecule has 1 aliphatic rings. The second-order valence-electron chi connectivity index (χ2n) is 5.63. The van der Waals surface area contributed by atoms with Crippen molar-refractivity contribution >= 4 is 21.4 Å². The average molecular weight is 304 g/mol. The van der Waals surface area contributed by atoms with E-state index in [0.717, 1.165) is 39.1 Å². The van der Waals surface area contributed by atoms with E-state index >= 15 is 0 Å². The molecule has 0 radical (unpaired) electrons. The van der Waals surface area contributed by atoms with E-state index in [2.05, 4.69) is 36.1 Å². The van der Waals surface area contributed by atoms with E-state index in [9.17, 15) is 0 Å². The number of ether oxygens (including phenoxy) is 1. The third kappa shape index (κ3) is 3.29. The smallest absolute Gasteiger partial charge is 0.0599 e. The van der Waals surface area contributed by atoms with Crippen molar-refractivity contribution in [2.24, 2.45) is 5.73 Å². The summed E-state index contributed by atoms with van der Waals surface area (Å²) in [5.74, 6) is 0. The molecule has 1 fully saturated rings. The molecule has 0 aliphatic carbocycles. The second-order valence-corrected chi connectivity index (χ2v) is 6.77. The Morgan fingerprint density at radius 1 is 1.29 bits per heavy atom. The lowest BCUT2D eigenvalue weighted by Gasteiger charge is -2.31. The van der Waals surface area contributed by atoms with Crippen molar-refractivity contribution in [1.82, 2.24) is 4.90 Å². The number of fused-ring (bicyclic) bond motifs is 1. The van der Waals surface area contributed by atoms with Crippen molar-refractivity contribution in [1.29, 1.82) is 0 Å². The lowest BCUT2D eigenvalue weighted by molar-refractivity contribution is 0.0126. The molecule has 3 nitrogen and oxygen atoms in total. The third-order valence-electron chi connectivity index (χ3n) is 4.29. The molecular weight excluding hydrogens is 280 g/mol. The van der Waals surface area contributed by atoms with Crippen LogP contribution in [0.15, 0.2) is 24.3 Å². The summed E-state index contributed by atoms with van der Waals surface area (Å²) in [5.41, 5.74) is 7.39. The number of nitrogens with zero attached hydrogens (tertiary/aromatic N) is 1. The zero-order chi connectivity index (χ0) is 14.7. The van der Waals surface area contributed by atoms with Gasteiger partial charge in [0.1, 0.15) is 0 Å². The molecule has 21 heavy (non-hydrogen) atoms. The van der Waals surface area contributed by atoms with Crippen LogP contribution in [0.5, 0.6) is 0 Å². The van der Waals surface area contributed by atoms with Crippen molar-refractivity contribution in [3.8, 4) is 0 Å². The zero-order valence-electron chi connectivity index (χ0n) is 12.7. The summed E-state index contributed by atoms with van der Waals surface area (Å²) in [5, 5.41) is 1.38. The molecule has 0 atom stereocenters. The van der Waals surface area contributed by atoms with E-state index in [1.165, 1.54) is 20.5 Å². The first-order chi connectivity index (χ1) is 10.3. The Bertz CT molecular complexity index is 587. The minimum Gasteiger partial charge on any atom is -0.378 e. The first-order valence-corrected chi connectivity index (χ1v) is 8.66. The first-order valence-electron chi connectivity index (χ1n) is 7.85.